The van der Waals surface area contributed by atoms with E-state index < -0.39 is 0 Å². The van der Waals surface area contributed by atoms with Crippen LogP contribution < -0.4 is 11.1 Å². The minimum atomic E-state index is 0. The zero-order valence-corrected chi connectivity index (χ0v) is 12.4. The Labute approximate surface area is 119 Å². The van der Waals surface area contributed by atoms with Gasteiger partial charge in [0.25, 0.3) is 0 Å². The van der Waals surface area contributed by atoms with Crippen LogP contribution in [0.4, 0.5) is 0 Å². The smallest absolute Gasteiger partial charge is 0.230 e. The number of nitrogens with one attached hydrogen (secondary N) is 1. The van der Waals surface area contributed by atoms with E-state index in [9.17, 15) is 4.79 Å². The summed E-state index contributed by atoms with van der Waals surface area (Å²) in [5, 5.41) is 2.88. The molecule has 0 saturated carbocycles. The number of carbonyl (C=O) groups is 1. The molecular weight excluding hydrogens is 268 g/mol. The van der Waals surface area contributed by atoms with Crippen LogP contribution in [-0.4, -0.2) is 24.7 Å². The Kier molecular flexibility index (Phi) is 8.89. The Hall–Kier alpha value is -0.710. The van der Waals surface area contributed by atoms with E-state index in [1.807, 2.05) is 19.1 Å². The third kappa shape index (κ3) is 6.89. The van der Waals surface area contributed by atoms with Crippen LogP contribution in [0.1, 0.15) is 12.5 Å². The molecule has 3 nitrogen and oxygen atoms in total. The van der Waals surface area contributed by atoms with E-state index in [4.69, 9.17) is 5.73 Å². The second kappa shape index (κ2) is 9.25. The minimum absolute atomic E-state index is 0. The summed E-state index contributed by atoms with van der Waals surface area (Å²) in [4.78, 5) is 12.7. The molecule has 0 radical (unpaired) electrons. The predicted molar refractivity (Wildman–Crippen MR) is 80.4 cm³/mol. The van der Waals surface area contributed by atoms with Crippen LogP contribution in [0.25, 0.3) is 0 Å². The van der Waals surface area contributed by atoms with Crippen LogP contribution in [0.5, 0.6) is 0 Å². The van der Waals surface area contributed by atoms with Crippen LogP contribution >= 0.6 is 24.2 Å². The third-order valence-electron chi connectivity index (χ3n) is 2.44. The molecule has 18 heavy (non-hydrogen) atoms. The maximum Gasteiger partial charge on any atom is 0.230 e. The molecule has 1 rings (SSSR count). The van der Waals surface area contributed by atoms with Gasteiger partial charge < -0.3 is 11.1 Å². The average Bonchev–Trinajstić information content (AvgIpc) is 2.35. The first-order valence-electron chi connectivity index (χ1n) is 5.78. The van der Waals surface area contributed by atoms with Crippen molar-refractivity contribution in [1.29, 1.82) is 0 Å². The lowest BCUT2D eigenvalue weighted by Crippen LogP contribution is -2.32. The molecule has 0 aromatic heterocycles. The zero-order valence-electron chi connectivity index (χ0n) is 10.8. The first-order valence-corrected chi connectivity index (χ1v) is 6.76. The Morgan fingerprint density at radius 2 is 2.00 bits per heavy atom. The van der Waals surface area contributed by atoms with E-state index in [0.29, 0.717) is 24.8 Å². The molecule has 0 fully saturated rings. The molecule has 0 heterocycles. The maximum absolute atomic E-state index is 11.5. The predicted octanol–water partition coefficient (Wildman–Crippen LogP) is 2.22. The molecule has 0 aliphatic rings. The lowest BCUT2D eigenvalue weighted by Gasteiger charge is -2.09. The second-order valence-electron chi connectivity index (χ2n) is 4.25. The van der Waals surface area contributed by atoms with Gasteiger partial charge in [0.15, 0.2) is 0 Å². The van der Waals surface area contributed by atoms with E-state index in [0.717, 1.165) is 4.90 Å². The third-order valence-corrected chi connectivity index (χ3v) is 3.45. The van der Waals surface area contributed by atoms with E-state index in [2.05, 4.69) is 24.4 Å². The Bertz CT molecular complexity index is 357. The van der Waals surface area contributed by atoms with E-state index in [1.165, 1.54) is 5.56 Å². The van der Waals surface area contributed by atoms with Crippen molar-refractivity contribution in [3.05, 3.63) is 29.8 Å². The zero-order chi connectivity index (χ0) is 12.7. The average molecular weight is 289 g/mol. The molecule has 3 N–H and O–H groups in total. The van der Waals surface area contributed by atoms with Crippen molar-refractivity contribution in [2.24, 2.45) is 11.7 Å². The molecule has 102 valence electrons. The number of thioether (sulfide) groups is 1. The number of aryl methyl sites for hydroxylation is 1. The molecular formula is C13H21ClN2OS. The Morgan fingerprint density at radius 3 is 2.56 bits per heavy atom. The lowest BCUT2D eigenvalue weighted by atomic mass is 10.2. The van der Waals surface area contributed by atoms with E-state index in [-0.39, 0.29) is 18.3 Å². The van der Waals surface area contributed by atoms with Crippen molar-refractivity contribution in [2.45, 2.75) is 18.7 Å². The number of nitrogens with two attached hydrogens (primary N) is 1. The van der Waals surface area contributed by atoms with Gasteiger partial charge in [0.05, 0.1) is 5.75 Å². The largest absolute Gasteiger partial charge is 0.355 e. The van der Waals surface area contributed by atoms with Gasteiger partial charge >= 0.3 is 0 Å². The number of halogens is 1. The Balaban J connectivity index is 0.00000289. The fourth-order valence-electron chi connectivity index (χ4n) is 1.21. The molecule has 1 amide bonds. The highest BCUT2D eigenvalue weighted by atomic mass is 35.5. The van der Waals surface area contributed by atoms with Crippen LogP contribution in [0.15, 0.2) is 29.2 Å². The second-order valence-corrected chi connectivity index (χ2v) is 5.30. The van der Waals surface area contributed by atoms with Crippen molar-refractivity contribution in [2.75, 3.05) is 18.8 Å². The van der Waals surface area contributed by atoms with Gasteiger partial charge in [0, 0.05) is 11.4 Å². The number of rotatable bonds is 6. The molecule has 0 bridgehead atoms. The number of hydrogen-bond acceptors (Lipinski definition) is 3. The highest BCUT2D eigenvalue weighted by molar-refractivity contribution is 8.00. The van der Waals surface area contributed by atoms with Crippen LogP contribution in [0.3, 0.4) is 0 Å². The van der Waals surface area contributed by atoms with Gasteiger partial charge in [0.1, 0.15) is 0 Å². The van der Waals surface area contributed by atoms with Crippen LogP contribution in [0, 0.1) is 12.8 Å². The van der Waals surface area contributed by atoms with Crippen LogP contribution in [-0.2, 0) is 4.79 Å². The first-order chi connectivity index (χ1) is 8.11. The summed E-state index contributed by atoms with van der Waals surface area (Å²) in [6.07, 6.45) is 0. The summed E-state index contributed by atoms with van der Waals surface area (Å²) in [6.45, 7) is 5.33. The molecule has 0 aliphatic heterocycles. The lowest BCUT2D eigenvalue weighted by molar-refractivity contribution is -0.118. The normalized spacial score (nSPS) is 11.5. The fourth-order valence-corrected chi connectivity index (χ4v) is 1.93. The summed E-state index contributed by atoms with van der Waals surface area (Å²) < 4.78 is 0. The highest BCUT2D eigenvalue weighted by Crippen LogP contribution is 2.17. The maximum atomic E-state index is 11.5. The molecule has 1 unspecified atom stereocenters. The number of amides is 1. The fraction of sp³-hybridized carbons (Fsp3) is 0.462. The van der Waals surface area contributed by atoms with Gasteiger partial charge in [-0.05, 0) is 31.5 Å². The van der Waals surface area contributed by atoms with Crippen molar-refractivity contribution < 1.29 is 4.79 Å². The highest BCUT2D eigenvalue weighted by Gasteiger charge is 2.04. The molecule has 0 spiro atoms. The monoisotopic (exact) mass is 288 g/mol. The number of hydrogen-bond donors (Lipinski definition) is 2. The molecule has 5 heteroatoms. The molecule has 1 atom stereocenters. The van der Waals surface area contributed by atoms with Crippen molar-refractivity contribution >= 4 is 30.1 Å². The molecule has 1 aromatic rings. The summed E-state index contributed by atoms with van der Waals surface area (Å²) in [7, 11) is 0. The summed E-state index contributed by atoms with van der Waals surface area (Å²) in [5.41, 5.74) is 6.71. The summed E-state index contributed by atoms with van der Waals surface area (Å²) in [5.74, 6) is 0.861. The molecule has 0 aliphatic carbocycles. The SMILES string of the molecule is Cc1ccc(SCC(=O)NCC(C)CN)cc1.Cl. The van der Waals surface area contributed by atoms with Gasteiger partial charge in [-0.25, -0.2) is 0 Å². The quantitative estimate of drug-likeness (QED) is 0.789. The topological polar surface area (TPSA) is 55.1 Å². The van der Waals surface area contributed by atoms with Gasteiger partial charge in [-0.15, -0.1) is 24.2 Å². The minimum Gasteiger partial charge on any atom is -0.355 e. The summed E-state index contributed by atoms with van der Waals surface area (Å²) in [6, 6.07) is 8.18. The van der Waals surface area contributed by atoms with Crippen molar-refractivity contribution in [3.8, 4) is 0 Å². The summed E-state index contributed by atoms with van der Waals surface area (Å²) >= 11 is 1.55. The number of benzene rings is 1. The van der Waals surface area contributed by atoms with E-state index in [1.54, 1.807) is 11.8 Å². The van der Waals surface area contributed by atoms with Gasteiger partial charge in [-0.3, -0.25) is 4.79 Å². The van der Waals surface area contributed by atoms with Gasteiger partial charge in [-0.1, -0.05) is 24.6 Å². The van der Waals surface area contributed by atoms with Crippen molar-refractivity contribution in [1.82, 2.24) is 5.32 Å². The van der Waals surface area contributed by atoms with Gasteiger partial charge in [0.2, 0.25) is 5.91 Å². The van der Waals surface area contributed by atoms with E-state index >= 15 is 0 Å². The number of carbonyl (C=O) groups excluding carboxylic acids is 1. The molecule has 0 saturated heterocycles. The Morgan fingerprint density at radius 1 is 1.39 bits per heavy atom. The molecule has 1 aromatic carbocycles. The van der Waals surface area contributed by atoms with Crippen molar-refractivity contribution in [3.63, 3.8) is 0 Å². The standard InChI is InChI=1S/C13H20N2OS.ClH/c1-10-3-5-12(6-4-10)17-9-13(16)15-8-11(2)7-14;/h3-6,11H,7-9,14H2,1-2H3,(H,15,16);1H. The van der Waals surface area contributed by atoms with Gasteiger partial charge in [-0.2, -0.15) is 0 Å². The first kappa shape index (κ1) is 17.3. The van der Waals surface area contributed by atoms with Crippen LogP contribution in [0.2, 0.25) is 0 Å².